The molecule has 0 aliphatic carbocycles. The number of carbonyl (C=O) groups is 2. The van der Waals surface area contributed by atoms with Gasteiger partial charge in [-0.3, -0.25) is 9.59 Å². The molecule has 5 nitrogen and oxygen atoms in total. The number of rotatable bonds is 6. The van der Waals surface area contributed by atoms with Crippen LogP contribution in [-0.2, 0) is 0 Å². The summed E-state index contributed by atoms with van der Waals surface area (Å²) in [6.07, 6.45) is 0.880. The van der Waals surface area contributed by atoms with E-state index < -0.39 is 0 Å². The quantitative estimate of drug-likeness (QED) is 0.855. The zero-order chi connectivity index (χ0) is 17.5. The monoisotopic (exact) mass is 326 g/mol. The maximum absolute atomic E-state index is 12.4. The van der Waals surface area contributed by atoms with Gasteiger partial charge in [0.05, 0.1) is 12.8 Å². The van der Waals surface area contributed by atoms with Crippen LogP contribution in [0.4, 0.5) is 5.69 Å². The molecule has 126 valence electrons. The normalized spacial score (nSPS) is 10.1. The molecule has 0 unspecified atom stereocenters. The summed E-state index contributed by atoms with van der Waals surface area (Å²) in [4.78, 5) is 24.2. The smallest absolute Gasteiger partial charge is 0.255 e. The van der Waals surface area contributed by atoms with Gasteiger partial charge in [-0.25, -0.2) is 0 Å². The molecule has 0 saturated carbocycles. The van der Waals surface area contributed by atoms with Crippen molar-refractivity contribution < 1.29 is 14.3 Å². The van der Waals surface area contributed by atoms with E-state index in [4.69, 9.17) is 4.74 Å². The molecule has 2 aromatic rings. The van der Waals surface area contributed by atoms with Crippen LogP contribution in [0.5, 0.6) is 5.75 Å². The second kappa shape index (κ2) is 8.15. The van der Waals surface area contributed by atoms with E-state index in [2.05, 4.69) is 10.6 Å². The Balaban J connectivity index is 2.10. The lowest BCUT2D eigenvalue weighted by atomic mass is 10.1. The van der Waals surface area contributed by atoms with E-state index in [0.29, 0.717) is 29.1 Å². The van der Waals surface area contributed by atoms with Crippen LogP contribution in [0.2, 0.25) is 0 Å². The fourth-order valence-corrected chi connectivity index (χ4v) is 2.23. The number of hydrogen-bond donors (Lipinski definition) is 2. The van der Waals surface area contributed by atoms with Crippen LogP contribution < -0.4 is 15.4 Å². The molecular formula is C19H22N2O3. The van der Waals surface area contributed by atoms with Gasteiger partial charge < -0.3 is 15.4 Å². The van der Waals surface area contributed by atoms with Crippen LogP contribution in [-0.4, -0.2) is 25.5 Å². The lowest BCUT2D eigenvalue weighted by Crippen LogP contribution is -2.24. The number of benzene rings is 2. The zero-order valence-corrected chi connectivity index (χ0v) is 14.2. The Hall–Kier alpha value is -2.82. The highest BCUT2D eigenvalue weighted by molar-refractivity contribution is 6.05. The summed E-state index contributed by atoms with van der Waals surface area (Å²) in [5.41, 5.74) is 2.65. The molecule has 0 aromatic heterocycles. The van der Waals surface area contributed by atoms with Crippen molar-refractivity contribution in [3.63, 3.8) is 0 Å². The molecular weight excluding hydrogens is 304 g/mol. The molecule has 2 aromatic carbocycles. The molecule has 2 N–H and O–H groups in total. The number of aryl methyl sites for hydroxylation is 1. The van der Waals surface area contributed by atoms with E-state index in [-0.39, 0.29) is 11.8 Å². The van der Waals surface area contributed by atoms with Crippen LogP contribution in [0.15, 0.2) is 42.5 Å². The second-order valence-corrected chi connectivity index (χ2v) is 5.49. The minimum atomic E-state index is -0.251. The van der Waals surface area contributed by atoms with Gasteiger partial charge in [0.1, 0.15) is 5.75 Å². The van der Waals surface area contributed by atoms with Crippen LogP contribution in [0.25, 0.3) is 0 Å². The van der Waals surface area contributed by atoms with Gasteiger partial charge in [0.25, 0.3) is 11.8 Å². The average Bonchev–Trinajstić information content (AvgIpc) is 2.60. The van der Waals surface area contributed by atoms with Gasteiger partial charge in [-0.05, 0) is 55.3 Å². The van der Waals surface area contributed by atoms with Crippen molar-refractivity contribution in [1.82, 2.24) is 5.32 Å². The third-order valence-electron chi connectivity index (χ3n) is 3.55. The summed E-state index contributed by atoms with van der Waals surface area (Å²) < 4.78 is 5.26. The molecule has 0 saturated heterocycles. The molecule has 5 heteroatoms. The van der Waals surface area contributed by atoms with Gasteiger partial charge in [-0.1, -0.05) is 13.0 Å². The van der Waals surface area contributed by atoms with Crippen LogP contribution >= 0.6 is 0 Å². The highest BCUT2D eigenvalue weighted by Crippen LogP contribution is 2.25. The third-order valence-corrected chi connectivity index (χ3v) is 3.55. The topological polar surface area (TPSA) is 67.4 Å². The number of hydrogen-bond acceptors (Lipinski definition) is 3. The Morgan fingerprint density at radius 2 is 1.62 bits per heavy atom. The summed E-state index contributed by atoms with van der Waals surface area (Å²) in [6.45, 7) is 4.57. The van der Waals surface area contributed by atoms with E-state index in [0.717, 1.165) is 12.0 Å². The predicted octanol–water partition coefficient (Wildman–Crippen LogP) is 3.40. The van der Waals surface area contributed by atoms with E-state index >= 15 is 0 Å². The fourth-order valence-electron chi connectivity index (χ4n) is 2.23. The van der Waals surface area contributed by atoms with E-state index in [9.17, 15) is 9.59 Å². The summed E-state index contributed by atoms with van der Waals surface area (Å²) in [5, 5.41) is 5.64. The van der Waals surface area contributed by atoms with Gasteiger partial charge in [0.15, 0.2) is 0 Å². The Morgan fingerprint density at radius 1 is 1.00 bits per heavy atom. The second-order valence-electron chi connectivity index (χ2n) is 5.49. The van der Waals surface area contributed by atoms with Gasteiger partial charge >= 0.3 is 0 Å². The number of amides is 2. The van der Waals surface area contributed by atoms with Crippen LogP contribution in [0, 0.1) is 6.92 Å². The molecule has 0 bridgehead atoms. The molecule has 0 radical (unpaired) electrons. The van der Waals surface area contributed by atoms with E-state index in [1.165, 1.54) is 0 Å². The van der Waals surface area contributed by atoms with Gasteiger partial charge in [-0.2, -0.15) is 0 Å². The lowest BCUT2D eigenvalue weighted by molar-refractivity contribution is 0.0951. The van der Waals surface area contributed by atoms with Crippen molar-refractivity contribution in [3.05, 3.63) is 59.2 Å². The molecule has 0 fully saturated rings. The Kier molecular flexibility index (Phi) is 5.95. The maximum atomic E-state index is 12.4. The van der Waals surface area contributed by atoms with Crippen molar-refractivity contribution in [3.8, 4) is 5.75 Å². The summed E-state index contributed by atoms with van der Waals surface area (Å²) in [5.74, 6) is 0.216. The first-order chi connectivity index (χ1) is 11.5. The van der Waals surface area contributed by atoms with Crippen molar-refractivity contribution in [2.45, 2.75) is 20.3 Å². The van der Waals surface area contributed by atoms with Crippen LogP contribution in [0.1, 0.15) is 39.6 Å². The molecule has 0 spiro atoms. The highest BCUT2D eigenvalue weighted by Gasteiger charge is 2.11. The minimum Gasteiger partial charge on any atom is -0.495 e. The van der Waals surface area contributed by atoms with Gasteiger partial charge in [-0.15, -0.1) is 0 Å². The van der Waals surface area contributed by atoms with Crippen molar-refractivity contribution >= 4 is 17.5 Å². The maximum Gasteiger partial charge on any atom is 0.255 e. The number of methoxy groups -OCH3 is 1. The molecule has 2 amide bonds. The number of ether oxygens (including phenoxy) is 1. The Labute approximate surface area is 142 Å². The summed E-state index contributed by atoms with van der Waals surface area (Å²) >= 11 is 0. The number of nitrogens with one attached hydrogen (secondary N) is 2. The van der Waals surface area contributed by atoms with Crippen molar-refractivity contribution in [1.29, 1.82) is 0 Å². The van der Waals surface area contributed by atoms with Gasteiger partial charge in [0.2, 0.25) is 0 Å². The predicted molar refractivity (Wildman–Crippen MR) is 94.8 cm³/mol. The van der Waals surface area contributed by atoms with Crippen molar-refractivity contribution in [2.75, 3.05) is 19.0 Å². The number of carbonyl (C=O) groups excluding carboxylic acids is 2. The van der Waals surface area contributed by atoms with Crippen LogP contribution in [0.3, 0.4) is 0 Å². The summed E-state index contributed by atoms with van der Waals surface area (Å²) in [7, 11) is 1.56. The standard InChI is InChI=1S/C19H22N2O3/c1-4-11-20-18(22)14-6-8-15(9-7-14)19(23)21-16-12-13(2)5-10-17(16)24-3/h5-10,12H,4,11H2,1-3H3,(H,20,22)(H,21,23). The Bertz CT molecular complexity index is 724. The number of anilines is 1. The average molecular weight is 326 g/mol. The lowest BCUT2D eigenvalue weighted by Gasteiger charge is -2.11. The molecule has 0 atom stereocenters. The molecule has 0 aliphatic rings. The largest absolute Gasteiger partial charge is 0.495 e. The first-order valence-corrected chi connectivity index (χ1v) is 7.89. The van der Waals surface area contributed by atoms with E-state index in [1.54, 1.807) is 31.4 Å². The molecule has 0 heterocycles. The van der Waals surface area contributed by atoms with E-state index in [1.807, 2.05) is 32.0 Å². The molecule has 2 rings (SSSR count). The van der Waals surface area contributed by atoms with Gasteiger partial charge in [0, 0.05) is 17.7 Å². The minimum absolute atomic E-state index is 0.135. The molecule has 0 aliphatic heterocycles. The first-order valence-electron chi connectivity index (χ1n) is 7.89. The molecule has 24 heavy (non-hydrogen) atoms. The fraction of sp³-hybridized carbons (Fsp3) is 0.263. The summed E-state index contributed by atoms with van der Waals surface area (Å²) in [6, 6.07) is 12.1. The third kappa shape index (κ3) is 4.35. The van der Waals surface area contributed by atoms with Crippen molar-refractivity contribution in [2.24, 2.45) is 0 Å². The Morgan fingerprint density at radius 3 is 2.21 bits per heavy atom. The first kappa shape index (κ1) is 17.5. The zero-order valence-electron chi connectivity index (χ0n) is 14.2. The SMILES string of the molecule is CCCNC(=O)c1ccc(C(=O)Nc2cc(C)ccc2OC)cc1. The highest BCUT2D eigenvalue weighted by atomic mass is 16.5.